The van der Waals surface area contributed by atoms with E-state index in [0.29, 0.717) is 60.8 Å². The number of carboxylic acid groups (broad SMARTS) is 1. The summed E-state index contributed by atoms with van der Waals surface area (Å²) in [5, 5.41) is 13.5. The van der Waals surface area contributed by atoms with E-state index >= 15 is 0 Å². The predicted octanol–water partition coefficient (Wildman–Crippen LogP) is 3.59. The van der Waals surface area contributed by atoms with E-state index in [1.54, 1.807) is 19.1 Å². The third-order valence-electron chi connectivity index (χ3n) is 9.65. The van der Waals surface area contributed by atoms with Crippen LogP contribution in [0.5, 0.6) is 5.75 Å². The van der Waals surface area contributed by atoms with Gasteiger partial charge in [-0.2, -0.15) is 0 Å². The Hall–Kier alpha value is -4.31. The van der Waals surface area contributed by atoms with Gasteiger partial charge in [0.1, 0.15) is 22.9 Å². The molecule has 0 aromatic heterocycles. The summed E-state index contributed by atoms with van der Waals surface area (Å²) < 4.78 is 17.0. The van der Waals surface area contributed by atoms with E-state index in [0.717, 1.165) is 24.0 Å². The van der Waals surface area contributed by atoms with Crippen molar-refractivity contribution in [3.8, 4) is 5.75 Å². The number of amides is 3. The molecule has 3 aliphatic heterocycles. The lowest BCUT2D eigenvalue weighted by molar-refractivity contribution is -0.148. The number of allylic oxidation sites excluding steroid dienone is 3. The van der Waals surface area contributed by atoms with Crippen molar-refractivity contribution in [2.75, 3.05) is 39.2 Å². The first-order chi connectivity index (χ1) is 25.0. The fourth-order valence-electron chi connectivity index (χ4n) is 6.07. The molecule has 3 aliphatic rings. The molecule has 0 saturated carbocycles. The molecule has 5 atom stereocenters. The minimum atomic E-state index is -1.03. The van der Waals surface area contributed by atoms with Gasteiger partial charge in [-0.25, -0.2) is 15.4 Å². The van der Waals surface area contributed by atoms with Crippen LogP contribution >= 0.6 is 11.6 Å². The number of likely N-dealkylation sites (N-methyl/N-ethyl adjacent to an activating group) is 1. The number of halogens is 1. The molecule has 0 spiro atoms. The van der Waals surface area contributed by atoms with Gasteiger partial charge in [-0.1, -0.05) is 35.4 Å². The van der Waals surface area contributed by atoms with E-state index in [-0.39, 0.29) is 49.1 Å². The number of fused-ring (bicyclic) bond motifs is 5. The molecule has 16 heteroatoms. The van der Waals surface area contributed by atoms with Gasteiger partial charge in [-0.05, 0) is 64.2 Å². The van der Waals surface area contributed by atoms with E-state index in [9.17, 15) is 19.2 Å². The number of anilines is 1. The molecular formula is C37H56ClN7O8. The zero-order valence-electron chi connectivity index (χ0n) is 31.6. The standard InChI is InChI=1S/C26H33ClN2O5.C11H23N5O3/c1-16-7-5-6-8-18-14-19(33-25(31)28-18)15-22-26(2,34-22)10-9-23(30)29(3)20-12-17(11-16)13-21(32-4)24(20)27;1-8(11(18)19)15(2)10(17)4-3-5-16(14)7-9(13)6-12/h5-7,12-13,18-19,22H,8-11,14-15H2,1-4H3,(H,28,31);7-8H,3-6,12-14H2,1-2H3,(H,18,19)/b6-5+,16-7+;9-7-. The van der Waals surface area contributed by atoms with Crippen LogP contribution in [0.1, 0.15) is 71.3 Å². The maximum Gasteiger partial charge on any atom is 0.407 e. The molecule has 1 aromatic carbocycles. The van der Waals surface area contributed by atoms with Crippen LogP contribution in [0.4, 0.5) is 10.5 Å². The highest BCUT2D eigenvalue weighted by Gasteiger charge is 2.53. The van der Waals surface area contributed by atoms with Crippen LogP contribution in [0.25, 0.3) is 0 Å². The summed E-state index contributed by atoms with van der Waals surface area (Å²) in [6.07, 6.45) is 11.5. The van der Waals surface area contributed by atoms with Gasteiger partial charge in [-0.3, -0.25) is 9.59 Å². The number of nitrogens with zero attached hydrogens (tertiary/aromatic N) is 3. The molecule has 294 valence electrons. The van der Waals surface area contributed by atoms with Gasteiger partial charge in [0.25, 0.3) is 0 Å². The van der Waals surface area contributed by atoms with Crippen molar-refractivity contribution in [1.82, 2.24) is 15.2 Å². The SMILES string of the molecule is CC(C(=O)O)N(C)C(=O)CCCN(N)/C=C(\N)CN.COc1cc2cc(c1Cl)N(C)C(=O)CCC1(C)OC1CC1CC(C/C=C/C=C(\C)C2)NC(=O)O1. The summed E-state index contributed by atoms with van der Waals surface area (Å²) in [5.74, 6) is 4.86. The molecular weight excluding hydrogens is 706 g/mol. The number of rotatable bonds is 9. The zero-order valence-corrected chi connectivity index (χ0v) is 32.4. The van der Waals surface area contributed by atoms with Crippen LogP contribution < -0.4 is 32.3 Å². The summed E-state index contributed by atoms with van der Waals surface area (Å²) in [6.45, 7) is 6.18. The monoisotopic (exact) mass is 761 g/mol. The number of nitrogens with two attached hydrogens (primary N) is 3. The summed E-state index contributed by atoms with van der Waals surface area (Å²) in [4.78, 5) is 50.3. The number of aliphatic carboxylic acids is 1. The molecule has 8 N–H and O–H groups in total. The molecule has 3 amide bonds. The molecule has 2 fully saturated rings. The van der Waals surface area contributed by atoms with Crippen LogP contribution in [0.2, 0.25) is 5.02 Å². The molecule has 5 unspecified atom stereocenters. The van der Waals surface area contributed by atoms with E-state index in [2.05, 4.69) is 24.4 Å². The molecule has 0 radical (unpaired) electrons. The van der Waals surface area contributed by atoms with Gasteiger partial charge in [-0.15, -0.1) is 0 Å². The summed E-state index contributed by atoms with van der Waals surface area (Å²) in [6, 6.07) is 3.05. The number of methoxy groups -OCH3 is 1. The Kier molecular flexibility index (Phi) is 16.0. The van der Waals surface area contributed by atoms with Crippen molar-refractivity contribution < 1.29 is 38.5 Å². The number of hydrogen-bond acceptors (Lipinski definition) is 11. The lowest BCUT2D eigenvalue weighted by atomic mass is 9.94. The number of nitrogens with one attached hydrogen (secondary N) is 1. The van der Waals surface area contributed by atoms with E-state index < -0.39 is 17.6 Å². The highest BCUT2D eigenvalue weighted by Crippen LogP contribution is 2.44. The van der Waals surface area contributed by atoms with Gasteiger partial charge in [0.05, 0.1) is 24.5 Å². The third kappa shape index (κ3) is 12.9. The maximum absolute atomic E-state index is 13.1. The topological polar surface area (TPSA) is 219 Å². The average Bonchev–Trinajstić information content (AvgIpc) is 3.75. The number of hydrogen-bond donors (Lipinski definition) is 5. The smallest absolute Gasteiger partial charge is 0.407 e. The number of carbonyl (C=O) groups excluding carboxylic acids is 3. The van der Waals surface area contributed by atoms with Crippen molar-refractivity contribution in [3.63, 3.8) is 0 Å². The number of carbonyl (C=O) groups is 4. The molecule has 4 rings (SSSR count). The van der Waals surface area contributed by atoms with Crippen LogP contribution in [0.3, 0.4) is 0 Å². The van der Waals surface area contributed by atoms with Gasteiger partial charge < -0.3 is 50.9 Å². The number of epoxide rings is 1. The second-order valence-corrected chi connectivity index (χ2v) is 14.3. The summed E-state index contributed by atoms with van der Waals surface area (Å²) in [5.41, 5.74) is 13.7. The van der Waals surface area contributed by atoms with Crippen LogP contribution in [-0.4, -0.2) is 103 Å². The summed E-state index contributed by atoms with van der Waals surface area (Å²) in [7, 11) is 4.78. The average molecular weight is 762 g/mol. The van der Waals surface area contributed by atoms with Crippen molar-refractivity contribution in [1.29, 1.82) is 0 Å². The Labute approximate surface area is 317 Å². The lowest BCUT2D eigenvalue weighted by Gasteiger charge is -2.29. The highest BCUT2D eigenvalue weighted by atomic mass is 35.5. The Bertz CT molecular complexity index is 1570. The highest BCUT2D eigenvalue weighted by molar-refractivity contribution is 6.35. The number of carboxylic acids is 1. The Morgan fingerprint density at radius 1 is 1.28 bits per heavy atom. The third-order valence-corrected chi connectivity index (χ3v) is 10.0. The molecule has 53 heavy (non-hydrogen) atoms. The largest absolute Gasteiger partial charge is 0.495 e. The van der Waals surface area contributed by atoms with Gasteiger partial charge in [0, 0.05) is 70.8 Å². The van der Waals surface area contributed by atoms with Crippen molar-refractivity contribution in [2.45, 2.75) is 102 Å². The predicted molar refractivity (Wildman–Crippen MR) is 203 cm³/mol. The first-order valence-electron chi connectivity index (χ1n) is 17.7. The summed E-state index contributed by atoms with van der Waals surface area (Å²) >= 11 is 6.58. The van der Waals surface area contributed by atoms with Gasteiger partial charge in [0.2, 0.25) is 11.8 Å². The van der Waals surface area contributed by atoms with E-state index in [1.165, 1.54) is 30.1 Å². The lowest BCUT2D eigenvalue weighted by Crippen LogP contribution is -2.45. The van der Waals surface area contributed by atoms with Crippen molar-refractivity contribution >= 4 is 41.2 Å². The second-order valence-electron chi connectivity index (χ2n) is 14.0. The number of benzene rings is 1. The van der Waals surface area contributed by atoms with E-state index in [1.807, 2.05) is 25.1 Å². The van der Waals surface area contributed by atoms with Crippen molar-refractivity contribution in [2.24, 2.45) is 17.3 Å². The quantitative estimate of drug-likeness (QED) is 0.139. The second kappa shape index (κ2) is 19.7. The fourth-order valence-corrected chi connectivity index (χ4v) is 6.38. The molecule has 1 aromatic rings. The minimum Gasteiger partial charge on any atom is -0.495 e. The molecule has 0 aliphatic carbocycles. The molecule has 15 nitrogen and oxygen atoms in total. The van der Waals surface area contributed by atoms with Crippen LogP contribution in [-0.2, 0) is 30.3 Å². The van der Waals surface area contributed by atoms with E-state index in [4.69, 9.17) is 48.2 Å². The molecule has 3 heterocycles. The maximum atomic E-state index is 13.1. The van der Waals surface area contributed by atoms with Crippen LogP contribution in [0.15, 0.2) is 47.8 Å². The minimum absolute atomic E-state index is 0.0293. The fraction of sp³-hybridized carbons (Fsp3) is 0.568. The van der Waals surface area contributed by atoms with Crippen LogP contribution in [0, 0.1) is 0 Å². The number of hydrazine groups is 1. The van der Waals surface area contributed by atoms with Gasteiger partial charge in [0.15, 0.2) is 0 Å². The zero-order chi connectivity index (χ0) is 39.5. The Balaban J connectivity index is 0.000000341. The molecule has 2 saturated heterocycles. The first-order valence-corrected chi connectivity index (χ1v) is 18.1. The Morgan fingerprint density at radius 3 is 2.66 bits per heavy atom. The number of alkyl carbamates (subject to hydrolysis) is 1. The van der Waals surface area contributed by atoms with Crippen molar-refractivity contribution in [3.05, 3.63) is 58.4 Å². The number of ether oxygens (including phenoxy) is 3. The first kappa shape index (κ1) is 43.1. The normalized spacial score (nSPS) is 25.5. The Morgan fingerprint density at radius 2 is 2.00 bits per heavy atom. The van der Waals surface area contributed by atoms with Gasteiger partial charge >= 0.3 is 12.1 Å². The molecule has 4 bridgehead atoms.